The van der Waals surface area contributed by atoms with Crippen LogP contribution in [0.25, 0.3) is 0 Å². The smallest absolute Gasteiger partial charge is 0.410 e. The van der Waals surface area contributed by atoms with Gasteiger partial charge < -0.3 is 4.74 Å². The van der Waals surface area contributed by atoms with Gasteiger partial charge in [0.15, 0.2) is 0 Å². The zero-order valence-electron chi connectivity index (χ0n) is 7.37. The van der Waals surface area contributed by atoms with Crippen molar-refractivity contribution in [3.8, 4) is 0 Å². The van der Waals surface area contributed by atoms with E-state index in [9.17, 15) is 31.1 Å². The molecule has 15 heavy (non-hydrogen) atoms. The molecule has 0 amide bonds. The number of allylic oxidation sites excluding steroid dienone is 1. The van der Waals surface area contributed by atoms with Crippen LogP contribution in [0.1, 0.15) is 6.42 Å². The molecule has 0 aliphatic rings. The molecule has 8 heteroatoms. The first-order valence-corrected chi connectivity index (χ1v) is 3.48. The molecule has 0 saturated heterocycles. The van der Waals surface area contributed by atoms with Crippen molar-refractivity contribution >= 4 is 5.97 Å². The van der Waals surface area contributed by atoms with Crippen molar-refractivity contribution in [3.63, 3.8) is 0 Å². The number of carbonyl (C=O) groups excluding carboxylic acids is 1. The minimum absolute atomic E-state index is 0.697. The molecular formula is C7H6F6O2. The topological polar surface area (TPSA) is 26.3 Å². The number of methoxy groups -OCH3 is 1. The van der Waals surface area contributed by atoms with Crippen LogP contribution in [0.4, 0.5) is 26.3 Å². The van der Waals surface area contributed by atoms with Gasteiger partial charge in [-0.3, -0.25) is 0 Å². The van der Waals surface area contributed by atoms with E-state index < -0.39 is 36.4 Å². The highest BCUT2D eigenvalue weighted by Gasteiger charge is 2.35. The lowest BCUT2D eigenvalue weighted by molar-refractivity contribution is -0.146. The second kappa shape index (κ2) is 4.54. The first kappa shape index (κ1) is 13.8. The predicted octanol–water partition coefficient (Wildman–Crippen LogP) is 2.60. The highest BCUT2D eigenvalue weighted by atomic mass is 19.4. The number of carbonyl (C=O) groups is 1. The van der Waals surface area contributed by atoms with Gasteiger partial charge in [-0.1, -0.05) is 0 Å². The summed E-state index contributed by atoms with van der Waals surface area (Å²) in [6.07, 6.45) is -12.6. The summed E-state index contributed by atoms with van der Waals surface area (Å²) in [4.78, 5) is 10.6. The van der Waals surface area contributed by atoms with Crippen LogP contribution in [0.5, 0.6) is 0 Å². The minimum Gasteiger partial charge on any atom is -0.466 e. The zero-order chi connectivity index (χ0) is 12.3. The van der Waals surface area contributed by atoms with Gasteiger partial charge in [0, 0.05) is 6.08 Å². The standard InChI is InChI=1S/C7H6F6O2/c1-15-5(14)4(2-6(8,9)10)3-7(11,12)13/h2H,3H2,1H3/b4-2+. The summed E-state index contributed by atoms with van der Waals surface area (Å²) >= 11 is 0. The summed E-state index contributed by atoms with van der Waals surface area (Å²) in [5, 5.41) is 0. The van der Waals surface area contributed by atoms with Gasteiger partial charge in [-0.15, -0.1) is 0 Å². The maximum absolute atomic E-state index is 11.8. The summed E-state index contributed by atoms with van der Waals surface area (Å²) in [5.74, 6) is -1.65. The largest absolute Gasteiger partial charge is 0.466 e. The van der Waals surface area contributed by atoms with Crippen LogP contribution in [0, 0.1) is 0 Å². The highest BCUT2D eigenvalue weighted by molar-refractivity contribution is 5.88. The van der Waals surface area contributed by atoms with E-state index in [-0.39, 0.29) is 0 Å². The first-order valence-electron chi connectivity index (χ1n) is 3.48. The van der Waals surface area contributed by atoms with E-state index in [2.05, 4.69) is 4.74 Å². The van der Waals surface area contributed by atoms with Crippen LogP contribution in [-0.2, 0) is 9.53 Å². The molecule has 2 nitrogen and oxygen atoms in total. The fraction of sp³-hybridized carbons (Fsp3) is 0.571. The third-order valence-electron chi connectivity index (χ3n) is 1.18. The fourth-order valence-electron chi connectivity index (χ4n) is 0.727. The van der Waals surface area contributed by atoms with Crippen LogP contribution < -0.4 is 0 Å². The molecule has 0 aromatic heterocycles. The predicted molar refractivity (Wildman–Crippen MR) is 36.8 cm³/mol. The second-order valence-electron chi connectivity index (χ2n) is 2.49. The van der Waals surface area contributed by atoms with Crippen molar-refractivity contribution < 1.29 is 35.9 Å². The molecule has 0 radical (unpaired) electrons. The Morgan fingerprint density at radius 3 is 1.93 bits per heavy atom. The lowest BCUT2D eigenvalue weighted by Gasteiger charge is -2.09. The van der Waals surface area contributed by atoms with Gasteiger partial charge in [0.2, 0.25) is 0 Å². The summed E-state index contributed by atoms with van der Waals surface area (Å²) in [5.41, 5.74) is -1.47. The average Bonchev–Trinajstić information content (AvgIpc) is 1.96. The van der Waals surface area contributed by atoms with Crippen molar-refractivity contribution in [1.82, 2.24) is 0 Å². The van der Waals surface area contributed by atoms with E-state index in [4.69, 9.17) is 0 Å². The average molecular weight is 236 g/mol. The number of ether oxygens (including phenoxy) is 1. The molecule has 0 heterocycles. The molecule has 0 aromatic rings. The van der Waals surface area contributed by atoms with Gasteiger partial charge >= 0.3 is 18.3 Å². The van der Waals surface area contributed by atoms with E-state index in [0.717, 1.165) is 0 Å². The first-order chi connectivity index (χ1) is 6.55. The second-order valence-corrected chi connectivity index (χ2v) is 2.49. The molecule has 0 unspecified atom stereocenters. The molecule has 0 aliphatic carbocycles. The third kappa shape index (κ3) is 6.81. The summed E-state index contributed by atoms with van der Waals surface area (Å²) in [7, 11) is 0.697. The molecule has 88 valence electrons. The van der Waals surface area contributed by atoms with Crippen molar-refractivity contribution in [2.45, 2.75) is 18.8 Å². The molecule has 0 N–H and O–H groups in total. The van der Waals surface area contributed by atoms with Gasteiger partial charge in [0.05, 0.1) is 19.1 Å². The summed E-state index contributed by atoms with van der Waals surface area (Å²) < 4.78 is 74.3. The molecule has 0 bridgehead atoms. The highest BCUT2D eigenvalue weighted by Crippen LogP contribution is 2.28. The van der Waals surface area contributed by atoms with Crippen LogP contribution >= 0.6 is 0 Å². The van der Waals surface area contributed by atoms with Gasteiger partial charge in [0.1, 0.15) is 0 Å². The molecule has 0 aliphatic heterocycles. The Labute approximate surface area is 80.5 Å². The Balaban J connectivity index is 4.92. The third-order valence-corrected chi connectivity index (χ3v) is 1.18. The maximum Gasteiger partial charge on any atom is 0.410 e. The molecule has 0 saturated carbocycles. The van der Waals surface area contributed by atoms with E-state index in [1.54, 1.807) is 0 Å². The molecule has 0 rings (SSSR count). The summed E-state index contributed by atoms with van der Waals surface area (Å²) in [6.45, 7) is 0. The van der Waals surface area contributed by atoms with Crippen LogP contribution in [0.2, 0.25) is 0 Å². The number of hydrogen-bond acceptors (Lipinski definition) is 2. The SMILES string of the molecule is COC(=O)/C(=C/C(F)(F)F)CC(F)(F)F. The minimum atomic E-state index is -4.99. The summed E-state index contributed by atoms with van der Waals surface area (Å²) in [6, 6.07) is 0. The zero-order valence-corrected chi connectivity index (χ0v) is 7.37. The van der Waals surface area contributed by atoms with Crippen LogP contribution in [0.15, 0.2) is 11.6 Å². The Kier molecular flexibility index (Phi) is 4.17. The number of alkyl halides is 6. The molecular weight excluding hydrogens is 230 g/mol. The van der Waals surface area contributed by atoms with Gasteiger partial charge in [-0.25, -0.2) is 4.79 Å². The fourth-order valence-corrected chi connectivity index (χ4v) is 0.727. The van der Waals surface area contributed by atoms with Gasteiger partial charge in [0.25, 0.3) is 0 Å². The molecule has 0 fully saturated rings. The lowest BCUT2D eigenvalue weighted by Crippen LogP contribution is -2.18. The Morgan fingerprint density at radius 2 is 1.67 bits per heavy atom. The van der Waals surface area contributed by atoms with E-state index >= 15 is 0 Å². The number of rotatable bonds is 2. The normalized spacial score (nSPS) is 13.9. The monoisotopic (exact) mass is 236 g/mol. The van der Waals surface area contributed by atoms with Crippen LogP contribution in [0.3, 0.4) is 0 Å². The van der Waals surface area contributed by atoms with Crippen molar-refractivity contribution in [3.05, 3.63) is 11.6 Å². The van der Waals surface area contributed by atoms with Crippen LogP contribution in [-0.4, -0.2) is 25.4 Å². The maximum atomic E-state index is 11.8. The quantitative estimate of drug-likeness (QED) is 0.418. The Hall–Kier alpha value is -1.21. The van der Waals surface area contributed by atoms with Crippen molar-refractivity contribution in [1.29, 1.82) is 0 Å². The van der Waals surface area contributed by atoms with Gasteiger partial charge in [-0.2, -0.15) is 26.3 Å². The molecule has 0 aromatic carbocycles. The van der Waals surface area contributed by atoms with Crippen molar-refractivity contribution in [2.24, 2.45) is 0 Å². The molecule has 0 spiro atoms. The molecule has 0 atom stereocenters. The van der Waals surface area contributed by atoms with E-state index in [0.29, 0.717) is 7.11 Å². The van der Waals surface area contributed by atoms with E-state index in [1.807, 2.05) is 0 Å². The van der Waals surface area contributed by atoms with E-state index in [1.165, 1.54) is 0 Å². The Bertz CT molecular complexity index is 262. The number of hydrogen-bond donors (Lipinski definition) is 0. The van der Waals surface area contributed by atoms with Crippen molar-refractivity contribution in [2.75, 3.05) is 7.11 Å². The number of halogens is 6. The van der Waals surface area contributed by atoms with Gasteiger partial charge in [-0.05, 0) is 0 Å². The Morgan fingerprint density at radius 1 is 1.20 bits per heavy atom. The lowest BCUT2D eigenvalue weighted by atomic mass is 10.1. The number of esters is 1.